The minimum atomic E-state index is -4.50. The van der Waals surface area contributed by atoms with E-state index in [0.717, 1.165) is 0 Å². The number of pyridine rings is 1. The first kappa shape index (κ1) is 26.4. The van der Waals surface area contributed by atoms with Gasteiger partial charge in [0.1, 0.15) is 0 Å². The highest BCUT2D eigenvalue weighted by atomic mass is 31.2. The van der Waals surface area contributed by atoms with Gasteiger partial charge in [0, 0.05) is 18.3 Å². The molecule has 0 amide bonds. The third-order valence-corrected chi connectivity index (χ3v) is 12.5. The van der Waals surface area contributed by atoms with Crippen molar-refractivity contribution in [2.24, 2.45) is 0 Å². The van der Waals surface area contributed by atoms with Crippen LogP contribution in [0.3, 0.4) is 0 Å². The van der Waals surface area contributed by atoms with Gasteiger partial charge < -0.3 is 23.7 Å². The van der Waals surface area contributed by atoms with E-state index in [9.17, 15) is 14.4 Å². The number of hydrogen-bond acceptors (Lipinski definition) is 5. The summed E-state index contributed by atoms with van der Waals surface area (Å²) in [6, 6.07) is 7.12. The number of aromatic nitrogens is 1. The second-order valence-electron chi connectivity index (χ2n) is 10.0. The molecule has 0 aliphatic heterocycles. The number of hydrogen-bond donors (Lipinski definition) is 2. The van der Waals surface area contributed by atoms with Crippen molar-refractivity contribution in [2.45, 2.75) is 63.8 Å². The summed E-state index contributed by atoms with van der Waals surface area (Å²) >= 11 is 0. The molecular formula is C23H36NO6PSi. The van der Waals surface area contributed by atoms with E-state index in [4.69, 9.17) is 13.9 Å². The van der Waals surface area contributed by atoms with E-state index in [-0.39, 0.29) is 5.04 Å². The molecule has 2 rings (SSSR count). The van der Waals surface area contributed by atoms with Crippen LogP contribution in [0.25, 0.3) is 0 Å². The Morgan fingerprint density at radius 1 is 1.00 bits per heavy atom. The van der Waals surface area contributed by atoms with Crippen molar-refractivity contribution in [2.75, 3.05) is 14.2 Å². The van der Waals surface area contributed by atoms with Gasteiger partial charge in [-0.1, -0.05) is 26.8 Å². The second-order valence-corrected chi connectivity index (χ2v) is 17.0. The molecule has 0 saturated heterocycles. The molecular weight excluding hydrogens is 445 g/mol. The van der Waals surface area contributed by atoms with E-state index >= 15 is 0 Å². The maximum absolute atomic E-state index is 12.5. The Hall–Kier alpha value is -1.86. The number of methoxy groups -OCH3 is 2. The molecule has 32 heavy (non-hydrogen) atoms. The monoisotopic (exact) mass is 481 g/mol. The van der Waals surface area contributed by atoms with Gasteiger partial charge in [-0.05, 0) is 61.3 Å². The highest BCUT2D eigenvalue weighted by molar-refractivity contribution is 7.53. The first-order valence-electron chi connectivity index (χ1n) is 10.5. The Balaban J connectivity index is 2.76. The van der Waals surface area contributed by atoms with E-state index in [1.165, 1.54) is 0 Å². The fraction of sp³-hybridized carbons (Fsp3) is 0.522. The Kier molecular flexibility index (Phi) is 7.57. The lowest BCUT2D eigenvalue weighted by Crippen LogP contribution is -2.44. The molecule has 9 heteroatoms. The van der Waals surface area contributed by atoms with Gasteiger partial charge in [0.15, 0.2) is 17.2 Å². The van der Waals surface area contributed by atoms with Crippen LogP contribution in [0.1, 0.15) is 51.7 Å². The molecule has 0 aliphatic rings. The SMILES string of the molecule is COc1cc(C(c2cccnc2)C(C)(C)P(=O)(O)O)cc(OC)c1O[Si](C)(C)C(C)(C)C. The standard InChI is InChI=1S/C23H36NO6PSi/c1-22(2,3)32(8,9)30-21-18(28-6)13-17(14-19(21)29-7)20(16-11-10-12-24-15-16)23(4,5)31(25,26)27/h10-15,20H,1-9H3,(H2,25,26,27). The third-order valence-electron chi connectivity index (χ3n) is 6.45. The highest BCUT2D eigenvalue weighted by Gasteiger charge is 2.47. The lowest BCUT2D eigenvalue weighted by Gasteiger charge is -2.38. The van der Waals surface area contributed by atoms with Crippen LogP contribution in [-0.4, -0.2) is 42.5 Å². The molecule has 1 aromatic heterocycles. The van der Waals surface area contributed by atoms with Gasteiger partial charge >= 0.3 is 7.60 Å². The quantitative estimate of drug-likeness (QED) is 0.376. The van der Waals surface area contributed by atoms with Crippen molar-refractivity contribution >= 4 is 15.9 Å². The zero-order valence-electron chi connectivity index (χ0n) is 20.5. The molecule has 7 nitrogen and oxygen atoms in total. The Labute approximate surface area is 192 Å². The zero-order valence-corrected chi connectivity index (χ0v) is 22.4. The number of rotatable bonds is 8. The van der Waals surface area contributed by atoms with Gasteiger partial charge in [0.25, 0.3) is 8.32 Å². The average Bonchev–Trinajstić information content (AvgIpc) is 2.67. The number of benzene rings is 1. The van der Waals surface area contributed by atoms with Crippen molar-refractivity contribution in [1.29, 1.82) is 0 Å². The lowest BCUT2D eigenvalue weighted by molar-refractivity contribution is 0.324. The maximum atomic E-state index is 12.5. The Morgan fingerprint density at radius 3 is 1.91 bits per heavy atom. The molecule has 1 atom stereocenters. The molecule has 0 radical (unpaired) electrons. The van der Waals surface area contributed by atoms with E-state index < -0.39 is 27.0 Å². The van der Waals surface area contributed by atoms with Crippen LogP contribution in [0.15, 0.2) is 36.7 Å². The Morgan fingerprint density at radius 2 is 1.53 bits per heavy atom. The highest BCUT2D eigenvalue weighted by Crippen LogP contribution is 2.59. The van der Waals surface area contributed by atoms with Crippen LogP contribution in [0.5, 0.6) is 17.2 Å². The largest absolute Gasteiger partial charge is 0.539 e. The molecule has 0 spiro atoms. The van der Waals surface area contributed by atoms with Gasteiger partial charge in [-0.25, -0.2) is 0 Å². The van der Waals surface area contributed by atoms with Gasteiger partial charge in [-0.3, -0.25) is 9.55 Å². The van der Waals surface area contributed by atoms with Crippen LogP contribution >= 0.6 is 7.60 Å². The fourth-order valence-electron chi connectivity index (χ4n) is 3.30. The molecule has 1 unspecified atom stereocenters. The van der Waals surface area contributed by atoms with Gasteiger partial charge in [0.05, 0.1) is 19.4 Å². The minimum Gasteiger partial charge on any atom is -0.539 e. The van der Waals surface area contributed by atoms with Gasteiger partial charge in [-0.2, -0.15) is 0 Å². The molecule has 2 aromatic rings. The lowest BCUT2D eigenvalue weighted by atomic mass is 9.82. The molecule has 0 saturated carbocycles. The van der Waals surface area contributed by atoms with Crippen molar-refractivity contribution < 1.29 is 28.3 Å². The minimum absolute atomic E-state index is 0.0393. The first-order chi connectivity index (χ1) is 14.6. The average molecular weight is 482 g/mol. The van der Waals surface area contributed by atoms with Crippen molar-refractivity contribution in [1.82, 2.24) is 4.98 Å². The molecule has 0 fully saturated rings. The summed E-state index contributed by atoms with van der Waals surface area (Å²) in [7, 11) is -3.62. The smallest absolute Gasteiger partial charge is 0.332 e. The van der Waals surface area contributed by atoms with E-state index in [1.54, 1.807) is 58.7 Å². The van der Waals surface area contributed by atoms with Crippen molar-refractivity contribution in [3.05, 3.63) is 47.8 Å². The third kappa shape index (κ3) is 5.20. The van der Waals surface area contributed by atoms with Crippen molar-refractivity contribution in [3.8, 4) is 17.2 Å². The maximum Gasteiger partial charge on any atom is 0.332 e. The number of nitrogens with zero attached hydrogens (tertiary/aromatic N) is 1. The summed E-state index contributed by atoms with van der Waals surface area (Å²) < 4.78 is 30.4. The molecule has 1 aromatic carbocycles. The van der Waals surface area contributed by atoms with Crippen LogP contribution in [0, 0.1) is 0 Å². The van der Waals surface area contributed by atoms with Crippen LogP contribution < -0.4 is 13.9 Å². The topological polar surface area (TPSA) is 98.1 Å². The van der Waals surface area contributed by atoms with E-state index in [2.05, 4.69) is 38.8 Å². The van der Waals surface area contributed by atoms with Crippen LogP contribution in [-0.2, 0) is 4.57 Å². The van der Waals surface area contributed by atoms with E-state index in [1.807, 2.05) is 6.07 Å². The predicted molar refractivity (Wildman–Crippen MR) is 130 cm³/mol. The van der Waals surface area contributed by atoms with Gasteiger partial charge in [-0.15, -0.1) is 0 Å². The number of ether oxygens (including phenoxy) is 2. The predicted octanol–water partition coefficient (Wildman–Crippen LogP) is 5.57. The summed E-state index contributed by atoms with van der Waals surface area (Å²) in [4.78, 5) is 24.6. The molecule has 178 valence electrons. The summed E-state index contributed by atoms with van der Waals surface area (Å²) in [5.41, 5.74) is 1.32. The molecule has 0 aliphatic carbocycles. The van der Waals surface area contributed by atoms with Crippen molar-refractivity contribution in [3.63, 3.8) is 0 Å². The second kappa shape index (κ2) is 9.18. The molecule has 0 bridgehead atoms. The summed E-state index contributed by atoms with van der Waals surface area (Å²) in [5.74, 6) is 0.755. The zero-order chi connectivity index (χ0) is 24.5. The first-order valence-corrected chi connectivity index (χ1v) is 15.0. The van der Waals surface area contributed by atoms with Crippen LogP contribution in [0.4, 0.5) is 0 Å². The molecule has 1 heterocycles. The van der Waals surface area contributed by atoms with Crippen LogP contribution in [0.2, 0.25) is 18.1 Å². The van der Waals surface area contributed by atoms with Gasteiger partial charge in [0.2, 0.25) is 0 Å². The normalized spacial score (nSPS) is 14.1. The summed E-state index contributed by atoms with van der Waals surface area (Å²) in [6.07, 6.45) is 3.25. The summed E-state index contributed by atoms with van der Waals surface area (Å²) in [5, 5.41) is -1.45. The van der Waals surface area contributed by atoms with E-state index in [0.29, 0.717) is 28.4 Å². The summed E-state index contributed by atoms with van der Waals surface area (Å²) in [6.45, 7) is 13.8. The Bertz CT molecular complexity index is 957. The fourth-order valence-corrected chi connectivity index (χ4v) is 4.95. The molecule has 2 N–H and O–H groups in total.